The molecule has 5 nitrogen and oxygen atoms in total. The van der Waals surface area contributed by atoms with Gasteiger partial charge in [0, 0.05) is 17.8 Å². The molecule has 0 aromatic carbocycles. The summed E-state index contributed by atoms with van der Waals surface area (Å²) in [5, 5.41) is 10.9. The largest absolute Gasteiger partial charge is 0.459 e. The zero-order chi connectivity index (χ0) is 16.8. The van der Waals surface area contributed by atoms with E-state index in [2.05, 4.69) is 26.8 Å². The number of esters is 1. The molecule has 2 aliphatic heterocycles. The number of aliphatic hydroxyl groups excluding tert-OH is 1. The molecule has 3 fully saturated rings. The first-order valence-corrected chi connectivity index (χ1v) is 8.54. The van der Waals surface area contributed by atoms with Crippen LogP contribution in [0.3, 0.4) is 0 Å². The summed E-state index contributed by atoms with van der Waals surface area (Å²) < 4.78 is 18.0. The van der Waals surface area contributed by atoms with Crippen molar-refractivity contribution in [3.63, 3.8) is 0 Å². The number of aliphatic hydroxyl groups is 1. The lowest BCUT2D eigenvalue weighted by Gasteiger charge is -2.57. The van der Waals surface area contributed by atoms with Crippen LogP contribution in [0.25, 0.3) is 0 Å². The minimum Gasteiger partial charge on any atom is -0.459 e. The highest BCUT2D eigenvalue weighted by Crippen LogP contribution is 2.73. The maximum absolute atomic E-state index is 11.7. The van der Waals surface area contributed by atoms with Crippen molar-refractivity contribution < 1.29 is 24.1 Å². The van der Waals surface area contributed by atoms with Crippen molar-refractivity contribution in [2.75, 3.05) is 0 Å². The van der Waals surface area contributed by atoms with E-state index in [4.69, 9.17) is 14.2 Å². The zero-order valence-electron chi connectivity index (χ0n) is 14.5. The van der Waals surface area contributed by atoms with Gasteiger partial charge in [-0.15, -0.1) is 0 Å². The number of epoxide rings is 1. The molecule has 2 heterocycles. The monoisotopic (exact) mass is 322 g/mol. The van der Waals surface area contributed by atoms with Crippen LogP contribution >= 0.6 is 0 Å². The smallest absolute Gasteiger partial charge is 0.303 e. The fourth-order valence-electron chi connectivity index (χ4n) is 5.72. The summed E-state index contributed by atoms with van der Waals surface area (Å²) >= 11 is 0. The van der Waals surface area contributed by atoms with Gasteiger partial charge >= 0.3 is 5.97 Å². The molecule has 2 saturated heterocycles. The van der Waals surface area contributed by atoms with Gasteiger partial charge in [-0.3, -0.25) is 4.79 Å². The van der Waals surface area contributed by atoms with Gasteiger partial charge in [0.05, 0.1) is 12.2 Å². The minimum atomic E-state index is -0.856. The summed E-state index contributed by atoms with van der Waals surface area (Å²) in [7, 11) is 0. The summed E-state index contributed by atoms with van der Waals surface area (Å²) in [6, 6.07) is 0. The molecule has 5 heteroatoms. The van der Waals surface area contributed by atoms with Gasteiger partial charge in [0.2, 0.25) is 0 Å². The van der Waals surface area contributed by atoms with Crippen molar-refractivity contribution in [3.8, 4) is 0 Å². The van der Waals surface area contributed by atoms with Gasteiger partial charge in [-0.1, -0.05) is 25.5 Å². The van der Waals surface area contributed by atoms with Gasteiger partial charge in [-0.05, 0) is 26.7 Å². The molecular weight excluding hydrogens is 296 g/mol. The highest BCUT2D eigenvalue weighted by atomic mass is 16.7. The number of carbonyl (C=O) groups excluding carboxylic acids is 1. The van der Waals surface area contributed by atoms with E-state index in [0.717, 1.165) is 12.8 Å². The molecule has 2 bridgehead atoms. The molecule has 128 valence electrons. The Morgan fingerprint density at radius 3 is 2.65 bits per heavy atom. The summed E-state index contributed by atoms with van der Waals surface area (Å²) in [4.78, 5) is 11.7. The van der Waals surface area contributed by atoms with Crippen LogP contribution in [0.15, 0.2) is 11.6 Å². The molecule has 4 rings (SSSR count). The van der Waals surface area contributed by atoms with E-state index < -0.39 is 29.3 Å². The minimum absolute atomic E-state index is 0.00233. The Bertz CT molecular complexity index is 600. The summed E-state index contributed by atoms with van der Waals surface area (Å²) in [5.41, 5.74) is 0.0343. The highest BCUT2D eigenvalue weighted by Gasteiger charge is 2.87. The predicted molar refractivity (Wildman–Crippen MR) is 82.7 cm³/mol. The second kappa shape index (κ2) is 4.38. The number of fused-ring (bicyclic) bond motifs is 2. The van der Waals surface area contributed by atoms with Crippen molar-refractivity contribution in [2.45, 2.75) is 83.6 Å². The maximum atomic E-state index is 11.7. The normalized spacial score (nSPS) is 57.0. The highest BCUT2D eigenvalue weighted by molar-refractivity contribution is 5.66. The topological polar surface area (TPSA) is 68.3 Å². The van der Waals surface area contributed by atoms with Crippen LogP contribution in [-0.4, -0.2) is 47.2 Å². The second-order valence-electron chi connectivity index (χ2n) is 8.18. The Hall–Kier alpha value is -0.910. The third-order valence-electron chi connectivity index (χ3n) is 7.22. The number of hydrogen-bond donors (Lipinski definition) is 1. The van der Waals surface area contributed by atoms with Crippen LogP contribution in [-0.2, 0) is 19.0 Å². The third-order valence-corrected chi connectivity index (χ3v) is 7.22. The Balaban J connectivity index is 1.88. The van der Waals surface area contributed by atoms with Gasteiger partial charge in [-0.25, -0.2) is 0 Å². The molecule has 1 N–H and O–H groups in total. The average Bonchev–Trinajstić information content (AvgIpc) is 3.12. The van der Waals surface area contributed by atoms with Gasteiger partial charge in [0.15, 0.2) is 0 Å². The van der Waals surface area contributed by atoms with Gasteiger partial charge in [0.25, 0.3) is 0 Å². The van der Waals surface area contributed by atoms with Crippen molar-refractivity contribution in [1.82, 2.24) is 0 Å². The number of allylic oxidation sites excluding steroid dienone is 1. The van der Waals surface area contributed by atoms with Crippen molar-refractivity contribution in [3.05, 3.63) is 11.6 Å². The van der Waals surface area contributed by atoms with E-state index in [1.807, 2.05) is 6.92 Å². The number of carbonyl (C=O) groups is 1. The summed E-state index contributed by atoms with van der Waals surface area (Å²) in [6.07, 6.45) is 2.11. The standard InChI is InChI=1S/C18H26O5/c1-9-6-7-16(4)12(8-9)22-15-13(20)14(21-11(3)19)17(16,5)18(15)10(2)23-18/h8,10,12-15,20H,6-7H2,1-5H3/t10-,12?,13-,14-,15-,16?,17-,18+/m1/s1. The Labute approximate surface area is 137 Å². The van der Waals surface area contributed by atoms with Crippen molar-refractivity contribution in [1.29, 1.82) is 0 Å². The second-order valence-corrected chi connectivity index (χ2v) is 8.18. The maximum Gasteiger partial charge on any atom is 0.303 e. The lowest BCUT2D eigenvalue weighted by atomic mass is 9.51. The molecule has 0 radical (unpaired) electrons. The van der Waals surface area contributed by atoms with Crippen LogP contribution in [0, 0.1) is 10.8 Å². The molecule has 0 aromatic rings. The molecule has 2 unspecified atom stereocenters. The van der Waals surface area contributed by atoms with Crippen LogP contribution in [0.5, 0.6) is 0 Å². The van der Waals surface area contributed by atoms with E-state index in [-0.39, 0.29) is 23.6 Å². The fourth-order valence-corrected chi connectivity index (χ4v) is 5.72. The number of ether oxygens (including phenoxy) is 3. The van der Waals surface area contributed by atoms with Crippen LogP contribution in [0.2, 0.25) is 0 Å². The van der Waals surface area contributed by atoms with Gasteiger partial charge < -0.3 is 19.3 Å². The van der Waals surface area contributed by atoms with E-state index in [9.17, 15) is 9.90 Å². The molecule has 4 aliphatic rings. The Morgan fingerprint density at radius 2 is 2.09 bits per heavy atom. The van der Waals surface area contributed by atoms with Crippen LogP contribution < -0.4 is 0 Å². The SMILES string of the molecule is CC(=O)O[C@@H]1[C@@H](O)[C@H]2OC3C=C(C)CCC3(C)[C@]1(C)[C@@]21O[C@@H]1C. The lowest BCUT2D eigenvalue weighted by molar-refractivity contribution is -0.211. The lowest BCUT2D eigenvalue weighted by Crippen LogP contribution is -2.64. The van der Waals surface area contributed by atoms with E-state index in [0.29, 0.717) is 0 Å². The average molecular weight is 322 g/mol. The van der Waals surface area contributed by atoms with Crippen molar-refractivity contribution >= 4 is 5.97 Å². The molecule has 23 heavy (non-hydrogen) atoms. The predicted octanol–water partition coefficient (Wildman–Crippen LogP) is 1.97. The Morgan fingerprint density at radius 1 is 1.43 bits per heavy atom. The molecular formula is C18H26O5. The molecule has 2 aliphatic carbocycles. The molecule has 0 aromatic heterocycles. The van der Waals surface area contributed by atoms with E-state index >= 15 is 0 Å². The van der Waals surface area contributed by atoms with Gasteiger partial charge in [-0.2, -0.15) is 0 Å². The zero-order valence-corrected chi connectivity index (χ0v) is 14.5. The van der Waals surface area contributed by atoms with E-state index in [1.165, 1.54) is 12.5 Å². The van der Waals surface area contributed by atoms with Crippen LogP contribution in [0.4, 0.5) is 0 Å². The van der Waals surface area contributed by atoms with Gasteiger partial charge in [0.1, 0.15) is 23.9 Å². The molecule has 1 saturated carbocycles. The summed E-state index contributed by atoms with van der Waals surface area (Å²) in [6.45, 7) is 9.85. The first-order chi connectivity index (χ1) is 10.7. The first kappa shape index (κ1) is 15.6. The first-order valence-electron chi connectivity index (χ1n) is 8.54. The molecule has 1 spiro atoms. The summed E-state index contributed by atoms with van der Waals surface area (Å²) in [5.74, 6) is -0.367. The van der Waals surface area contributed by atoms with Crippen molar-refractivity contribution in [2.24, 2.45) is 10.8 Å². The fraction of sp³-hybridized carbons (Fsp3) is 0.833. The Kier molecular flexibility index (Phi) is 2.97. The molecule has 0 amide bonds. The quantitative estimate of drug-likeness (QED) is 0.454. The molecule has 8 atom stereocenters. The number of rotatable bonds is 1. The van der Waals surface area contributed by atoms with E-state index in [1.54, 1.807) is 0 Å². The number of hydrogen-bond acceptors (Lipinski definition) is 5. The van der Waals surface area contributed by atoms with Crippen LogP contribution in [0.1, 0.15) is 47.5 Å². The third kappa shape index (κ3) is 1.56.